The van der Waals surface area contributed by atoms with E-state index in [9.17, 15) is 14.7 Å². The van der Waals surface area contributed by atoms with Crippen LogP contribution in [0.2, 0.25) is 0 Å². The van der Waals surface area contributed by atoms with E-state index in [1.54, 1.807) is 19.1 Å². The number of benzene rings is 3. The molecule has 42 heavy (non-hydrogen) atoms. The highest BCUT2D eigenvalue weighted by molar-refractivity contribution is 6.02. The van der Waals surface area contributed by atoms with Gasteiger partial charge in [-0.05, 0) is 42.7 Å². The number of carbonyl (C=O) groups is 1. The third-order valence-electron chi connectivity index (χ3n) is 6.98. The van der Waals surface area contributed by atoms with Crippen LogP contribution in [0.15, 0.2) is 76.0 Å². The van der Waals surface area contributed by atoms with Crippen molar-refractivity contribution in [3.8, 4) is 28.5 Å². The summed E-state index contributed by atoms with van der Waals surface area (Å²) in [5.41, 5.74) is 4.95. The van der Waals surface area contributed by atoms with Crippen molar-refractivity contribution in [2.45, 2.75) is 39.1 Å². The molecule has 0 saturated carbocycles. The Hall–Kier alpha value is -4.78. The molecule has 2 N–H and O–H groups in total. The van der Waals surface area contributed by atoms with Gasteiger partial charge >= 0.3 is 11.7 Å². The SMILES string of the molecule is CCOc1nc2cccc(C(=O)OCC3OC(O)OC3C)c2n1Cc1ccc(-c2ccccc2-c2noc(=O)[nH]2)cc1. The van der Waals surface area contributed by atoms with Gasteiger partial charge in [-0.1, -0.05) is 59.8 Å². The molecule has 3 atom stereocenters. The number of hydrogen-bond acceptors (Lipinski definition) is 10. The molecule has 5 aromatic rings. The molecule has 3 heterocycles. The summed E-state index contributed by atoms with van der Waals surface area (Å²) in [6.45, 7) is 2.95. The van der Waals surface area contributed by atoms with Gasteiger partial charge in [-0.2, -0.15) is 4.98 Å². The zero-order valence-electron chi connectivity index (χ0n) is 22.9. The number of rotatable bonds is 9. The quantitative estimate of drug-likeness (QED) is 0.250. The lowest BCUT2D eigenvalue weighted by molar-refractivity contribution is -0.211. The van der Waals surface area contributed by atoms with Gasteiger partial charge in [-0.15, -0.1) is 0 Å². The van der Waals surface area contributed by atoms with E-state index >= 15 is 0 Å². The summed E-state index contributed by atoms with van der Waals surface area (Å²) in [7, 11) is 0. The second kappa shape index (κ2) is 11.6. The molecule has 12 heteroatoms. The van der Waals surface area contributed by atoms with Crippen molar-refractivity contribution in [3.05, 3.63) is 88.4 Å². The van der Waals surface area contributed by atoms with Crippen molar-refractivity contribution >= 4 is 17.0 Å². The van der Waals surface area contributed by atoms with Crippen molar-refractivity contribution in [1.82, 2.24) is 19.7 Å². The van der Waals surface area contributed by atoms with E-state index in [1.165, 1.54) is 0 Å². The fraction of sp³-hybridized carbons (Fsp3) is 0.267. The van der Waals surface area contributed by atoms with E-state index in [1.807, 2.05) is 66.1 Å². The number of imidazole rings is 1. The Bertz CT molecular complexity index is 1770. The molecular formula is C30H28N4O8. The zero-order chi connectivity index (χ0) is 29.2. The number of esters is 1. The second-order valence-electron chi connectivity index (χ2n) is 9.69. The number of aliphatic hydroxyl groups is 1. The molecular weight excluding hydrogens is 544 g/mol. The van der Waals surface area contributed by atoms with Gasteiger partial charge < -0.3 is 24.1 Å². The van der Waals surface area contributed by atoms with E-state index in [4.69, 9.17) is 23.5 Å². The lowest BCUT2D eigenvalue weighted by Crippen LogP contribution is -2.27. The van der Waals surface area contributed by atoms with Crippen molar-refractivity contribution in [2.75, 3.05) is 13.2 Å². The molecule has 216 valence electrons. The molecule has 1 aliphatic rings. The number of nitrogens with zero attached hydrogens (tertiary/aromatic N) is 3. The Morgan fingerprint density at radius 1 is 1.05 bits per heavy atom. The summed E-state index contributed by atoms with van der Waals surface area (Å²) in [4.78, 5) is 32.0. The van der Waals surface area contributed by atoms with Crippen LogP contribution in [0.25, 0.3) is 33.5 Å². The summed E-state index contributed by atoms with van der Waals surface area (Å²) in [5, 5.41) is 13.4. The van der Waals surface area contributed by atoms with Crippen molar-refractivity contribution in [2.24, 2.45) is 0 Å². The first-order chi connectivity index (χ1) is 20.4. The maximum atomic E-state index is 13.2. The van der Waals surface area contributed by atoms with Gasteiger partial charge in [0.15, 0.2) is 5.82 Å². The van der Waals surface area contributed by atoms with Crippen LogP contribution >= 0.6 is 0 Å². The van der Waals surface area contributed by atoms with E-state index in [0.29, 0.717) is 41.6 Å². The normalized spacial score (nSPS) is 18.4. The molecule has 1 saturated heterocycles. The predicted octanol–water partition coefficient (Wildman–Crippen LogP) is 3.73. The molecule has 6 rings (SSSR count). The first-order valence-electron chi connectivity index (χ1n) is 13.4. The average Bonchev–Trinajstić information content (AvgIpc) is 3.68. The summed E-state index contributed by atoms with van der Waals surface area (Å²) >= 11 is 0. The highest BCUT2D eigenvalue weighted by atomic mass is 16.8. The fourth-order valence-electron chi connectivity index (χ4n) is 4.95. The lowest BCUT2D eigenvalue weighted by Gasteiger charge is -2.14. The Balaban J connectivity index is 1.29. The van der Waals surface area contributed by atoms with E-state index in [0.717, 1.165) is 22.3 Å². The number of nitrogens with one attached hydrogen (secondary N) is 1. The van der Waals surface area contributed by atoms with Crippen LogP contribution in [0.3, 0.4) is 0 Å². The fourth-order valence-corrected chi connectivity index (χ4v) is 4.95. The van der Waals surface area contributed by atoms with Crippen LogP contribution in [0.1, 0.15) is 29.8 Å². The van der Waals surface area contributed by atoms with Gasteiger partial charge in [0.2, 0.25) is 0 Å². The van der Waals surface area contributed by atoms with Crippen molar-refractivity contribution in [1.29, 1.82) is 0 Å². The number of aromatic nitrogens is 4. The van der Waals surface area contributed by atoms with Crippen LogP contribution in [0.5, 0.6) is 6.01 Å². The predicted molar refractivity (Wildman–Crippen MR) is 150 cm³/mol. The van der Waals surface area contributed by atoms with Crippen LogP contribution in [-0.4, -0.2) is 62.7 Å². The third-order valence-corrected chi connectivity index (χ3v) is 6.98. The Morgan fingerprint density at radius 2 is 1.83 bits per heavy atom. The Labute approximate surface area is 239 Å². The van der Waals surface area contributed by atoms with Crippen LogP contribution in [0, 0.1) is 0 Å². The number of ether oxygens (including phenoxy) is 4. The highest BCUT2D eigenvalue weighted by Gasteiger charge is 2.33. The minimum atomic E-state index is -1.34. The first kappa shape index (κ1) is 27.4. The van der Waals surface area contributed by atoms with Gasteiger partial charge in [-0.25, -0.2) is 9.59 Å². The monoisotopic (exact) mass is 572 g/mol. The summed E-state index contributed by atoms with van der Waals surface area (Å²) in [6.07, 6.45) is -1.01. The molecule has 1 fully saturated rings. The van der Waals surface area contributed by atoms with E-state index in [2.05, 4.69) is 15.1 Å². The average molecular weight is 573 g/mol. The van der Waals surface area contributed by atoms with Crippen molar-refractivity contribution < 1.29 is 33.4 Å². The summed E-state index contributed by atoms with van der Waals surface area (Å²) < 4.78 is 28.4. The molecule has 0 amide bonds. The number of aromatic amines is 1. The van der Waals surface area contributed by atoms with E-state index in [-0.39, 0.29) is 6.61 Å². The topological polar surface area (TPSA) is 151 Å². The van der Waals surface area contributed by atoms with Crippen LogP contribution in [0.4, 0.5) is 0 Å². The number of hydrogen-bond donors (Lipinski definition) is 2. The lowest BCUT2D eigenvalue weighted by atomic mass is 9.98. The van der Waals surface area contributed by atoms with Gasteiger partial charge in [0.25, 0.3) is 12.5 Å². The first-order valence-corrected chi connectivity index (χ1v) is 13.4. The number of para-hydroxylation sites is 1. The molecule has 12 nitrogen and oxygen atoms in total. The van der Waals surface area contributed by atoms with Gasteiger partial charge in [0.1, 0.15) is 12.7 Å². The van der Waals surface area contributed by atoms with E-state index < -0.39 is 30.4 Å². The molecule has 3 aromatic carbocycles. The Kier molecular flexibility index (Phi) is 7.57. The second-order valence-corrected chi connectivity index (χ2v) is 9.69. The highest BCUT2D eigenvalue weighted by Crippen LogP contribution is 2.31. The maximum Gasteiger partial charge on any atom is 0.439 e. The standard InChI is InChI=1S/C30H28N4O8/c1-3-38-28-31-23-10-6-9-22(27(35)39-16-24-17(2)40-30(37)41-24)25(23)34(28)15-18-11-13-19(14-12-18)20-7-4-5-8-21(20)26-32-29(36)42-33-26/h4-14,17,24,30,37H,3,15-16H2,1-2H3,(H,32,33,36). The minimum absolute atomic E-state index is 0.0783. The maximum absolute atomic E-state index is 13.2. The molecule has 0 aliphatic carbocycles. The largest absolute Gasteiger partial charge is 0.465 e. The molecule has 3 unspecified atom stereocenters. The molecule has 1 aliphatic heterocycles. The molecule has 0 spiro atoms. The molecule has 0 radical (unpaired) electrons. The van der Waals surface area contributed by atoms with Crippen LogP contribution in [-0.2, 0) is 20.8 Å². The third kappa shape index (κ3) is 5.42. The number of H-pyrrole nitrogens is 1. The van der Waals surface area contributed by atoms with Crippen molar-refractivity contribution in [3.63, 3.8) is 0 Å². The number of carbonyl (C=O) groups excluding carboxylic acids is 1. The summed E-state index contributed by atoms with van der Waals surface area (Å²) in [6, 6.07) is 21.1. The smallest absolute Gasteiger partial charge is 0.439 e. The zero-order valence-corrected chi connectivity index (χ0v) is 22.9. The van der Waals surface area contributed by atoms with Gasteiger partial charge in [0, 0.05) is 5.56 Å². The Morgan fingerprint density at radius 3 is 2.52 bits per heavy atom. The molecule has 0 bridgehead atoms. The van der Waals surface area contributed by atoms with Crippen LogP contribution < -0.4 is 10.5 Å². The number of fused-ring (bicyclic) bond motifs is 1. The minimum Gasteiger partial charge on any atom is -0.465 e. The number of aliphatic hydroxyl groups excluding tert-OH is 1. The van der Waals surface area contributed by atoms with Gasteiger partial charge in [-0.3, -0.25) is 14.1 Å². The summed E-state index contributed by atoms with van der Waals surface area (Å²) in [5.74, 6) is -0.826. The van der Waals surface area contributed by atoms with Gasteiger partial charge in [0.05, 0.1) is 35.9 Å². The molecule has 2 aromatic heterocycles.